The van der Waals surface area contributed by atoms with Gasteiger partial charge < -0.3 is 5.73 Å². The second-order valence-electron chi connectivity index (χ2n) is 4.20. The van der Waals surface area contributed by atoms with Crippen molar-refractivity contribution in [1.82, 2.24) is 9.78 Å². The van der Waals surface area contributed by atoms with Crippen molar-refractivity contribution in [3.63, 3.8) is 0 Å². The van der Waals surface area contributed by atoms with E-state index in [2.05, 4.69) is 28.8 Å². The van der Waals surface area contributed by atoms with Crippen molar-refractivity contribution in [2.45, 2.75) is 45.2 Å². The summed E-state index contributed by atoms with van der Waals surface area (Å²) in [6.45, 7) is 3.18. The van der Waals surface area contributed by atoms with E-state index in [1.54, 1.807) is 0 Å². The van der Waals surface area contributed by atoms with Gasteiger partial charge in [0.05, 0.1) is 5.69 Å². The second kappa shape index (κ2) is 4.62. The van der Waals surface area contributed by atoms with E-state index in [0.717, 1.165) is 32.2 Å². The molecule has 3 heteroatoms. The van der Waals surface area contributed by atoms with Gasteiger partial charge in [-0.05, 0) is 37.3 Å². The Morgan fingerprint density at radius 3 is 3.13 bits per heavy atom. The minimum atomic E-state index is 0.358. The van der Waals surface area contributed by atoms with Crippen molar-refractivity contribution in [3.8, 4) is 0 Å². The lowest BCUT2D eigenvalue weighted by molar-refractivity contribution is 0.581. The maximum atomic E-state index is 5.88. The lowest BCUT2D eigenvalue weighted by Crippen LogP contribution is -2.21. The summed E-state index contributed by atoms with van der Waals surface area (Å²) in [5, 5.41) is 4.34. The molecule has 2 rings (SSSR count). The number of hydrogen-bond acceptors (Lipinski definition) is 2. The van der Waals surface area contributed by atoms with Crippen LogP contribution in [0.5, 0.6) is 0 Å². The number of aryl methyl sites for hydroxylation is 1. The fourth-order valence-corrected chi connectivity index (χ4v) is 2.08. The Morgan fingerprint density at radius 1 is 1.60 bits per heavy atom. The molecule has 0 spiro atoms. The third kappa shape index (κ3) is 2.29. The SMILES string of the molecule is CCCn1nccc1C1=CCC(N)CC1. The summed E-state index contributed by atoms with van der Waals surface area (Å²) in [7, 11) is 0. The van der Waals surface area contributed by atoms with Crippen LogP contribution in [-0.4, -0.2) is 15.8 Å². The monoisotopic (exact) mass is 205 g/mol. The van der Waals surface area contributed by atoms with Crippen molar-refractivity contribution in [2.24, 2.45) is 5.73 Å². The maximum absolute atomic E-state index is 5.88. The van der Waals surface area contributed by atoms with Crippen LogP contribution in [0.25, 0.3) is 5.57 Å². The van der Waals surface area contributed by atoms with Gasteiger partial charge in [-0.15, -0.1) is 0 Å². The fourth-order valence-electron chi connectivity index (χ4n) is 2.08. The molecule has 1 aromatic heterocycles. The molecule has 1 aliphatic carbocycles. The molecule has 0 amide bonds. The highest BCUT2D eigenvalue weighted by atomic mass is 15.3. The normalized spacial score (nSPS) is 21.5. The summed E-state index contributed by atoms with van der Waals surface area (Å²) in [5.41, 5.74) is 8.58. The first-order chi connectivity index (χ1) is 7.31. The number of nitrogens with zero attached hydrogens (tertiary/aromatic N) is 2. The first-order valence-corrected chi connectivity index (χ1v) is 5.78. The van der Waals surface area contributed by atoms with Gasteiger partial charge in [-0.25, -0.2) is 0 Å². The van der Waals surface area contributed by atoms with Gasteiger partial charge in [0.1, 0.15) is 0 Å². The van der Waals surface area contributed by atoms with E-state index in [-0.39, 0.29) is 0 Å². The highest BCUT2D eigenvalue weighted by Gasteiger charge is 2.14. The van der Waals surface area contributed by atoms with Gasteiger partial charge in [-0.3, -0.25) is 4.68 Å². The van der Waals surface area contributed by atoms with Crippen LogP contribution in [0.2, 0.25) is 0 Å². The smallest absolute Gasteiger partial charge is 0.0638 e. The molecule has 15 heavy (non-hydrogen) atoms. The molecule has 1 aromatic rings. The zero-order chi connectivity index (χ0) is 10.7. The molecule has 2 N–H and O–H groups in total. The third-order valence-electron chi connectivity index (χ3n) is 2.93. The van der Waals surface area contributed by atoms with E-state index in [1.165, 1.54) is 11.3 Å². The molecule has 1 heterocycles. The Morgan fingerprint density at radius 2 is 2.47 bits per heavy atom. The van der Waals surface area contributed by atoms with Crippen LogP contribution in [0.4, 0.5) is 0 Å². The second-order valence-corrected chi connectivity index (χ2v) is 4.20. The summed E-state index contributed by atoms with van der Waals surface area (Å²) in [6, 6.07) is 2.47. The van der Waals surface area contributed by atoms with Crippen LogP contribution in [0.3, 0.4) is 0 Å². The van der Waals surface area contributed by atoms with Gasteiger partial charge in [-0.1, -0.05) is 13.0 Å². The van der Waals surface area contributed by atoms with Crippen molar-refractivity contribution in [3.05, 3.63) is 24.0 Å². The lowest BCUT2D eigenvalue weighted by Gasteiger charge is -2.18. The average Bonchev–Trinajstić information content (AvgIpc) is 2.68. The first kappa shape index (κ1) is 10.4. The summed E-state index contributed by atoms with van der Waals surface area (Å²) >= 11 is 0. The van der Waals surface area contributed by atoms with Crippen LogP contribution in [0, 0.1) is 0 Å². The van der Waals surface area contributed by atoms with Gasteiger partial charge in [-0.2, -0.15) is 5.10 Å². The molecular weight excluding hydrogens is 186 g/mol. The summed E-state index contributed by atoms with van der Waals surface area (Å²) in [6.07, 6.45) is 8.49. The van der Waals surface area contributed by atoms with Gasteiger partial charge in [0.15, 0.2) is 0 Å². The molecule has 0 aromatic carbocycles. The van der Waals surface area contributed by atoms with Crippen molar-refractivity contribution >= 4 is 5.57 Å². The van der Waals surface area contributed by atoms with E-state index < -0.39 is 0 Å². The molecule has 0 fully saturated rings. The number of allylic oxidation sites excluding steroid dienone is 1. The minimum Gasteiger partial charge on any atom is -0.327 e. The summed E-state index contributed by atoms with van der Waals surface area (Å²) in [5.74, 6) is 0. The van der Waals surface area contributed by atoms with E-state index in [9.17, 15) is 0 Å². The Bertz CT molecular complexity index is 352. The van der Waals surface area contributed by atoms with Crippen molar-refractivity contribution < 1.29 is 0 Å². The Hall–Kier alpha value is -1.09. The molecular formula is C12H19N3. The van der Waals surface area contributed by atoms with E-state index >= 15 is 0 Å². The lowest BCUT2D eigenvalue weighted by atomic mass is 9.94. The molecule has 0 saturated heterocycles. The Balaban J connectivity index is 2.18. The minimum absolute atomic E-state index is 0.358. The average molecular weight is 205 g/mol. The summed E-state index contributed by atoms with van der Waals surface area (Å²) in [4.78, 5) is 0. The maximum Gasteiger partial charge on any atom is 0.0638 e. The highest BCUT2D eigenvalue weighted by Crippen LogP contribution is 2.26. The van der Waals surface area contributed by atoms with E-state index in [4.69, 9.17) is 5.73 Å². The number of nitrogens with two attached hydrogens (primary N) is 1. The van der Waals surface area contributed by atoms with Crippen molar-refractivity contribution in [1.29, 1.82) is 0 Å². The standard InChI is InChI=1S/C12H19N3/c1-2-9-15-12(7-8-14-15)10-3-5-11(13)6-4-10/h3,7-8,11H,2,4-6,9,13H2,1H3. The Kier molecular flexibility index (Phi) is 3.21. The molecule has 1 aliphatic rings. The molecule has 3 nitrogen and oxygen atoms in total. The fraction of sp³-hybridized carbons (Fsp3) is 0.583. The third-order valence-corrected chi connectivity index (χ3v) is 2.93. The van der Waals surface area contributed by atoms with Crippen LogP contribution in [-0.2, 0) is 6.54 Å². The van der Waals surface area contributed by atoms with Crippen LogP contribution in [0.15, 0.2) is 18.3 Å². The predicted octanol–water partition coefficient (Wildman–Crippen LogP) is 2.19. The molecule has 82 valence electrons. The number of rotatable bonds is 3. The number of aromatic nitrogens is 2. The largest absolute Gasteiger partial charge is 0.327 e. The van der Waals surface area contributed by atoms with Gasteiger partial charge in [0.2, 0.25) is 0 Å². The van der Waals surface area contributed by atoms with Gasteiger partial charge in [0.25, 0.3) is 0 Å². The van der Waals surface area contributed by atoms with Crippen LogP contribution >= 0.6 is 0 Å². The first-order valence-electron chi connectivity index (χ1n) is 5.78. The topological polar surface area (TPSA) is 43.8 Å². The molecule has 0 bridgehead atoms. The Labute approximate surface area is 91.0 Å². The highest BCUT2D eigenvalue weighted by molar-refractivity contribution is 5.63. The van der Waals surface area contributed by atoms with Crippen LogP contribution < -0.4 is 5.73 Å². The molecule has 0 aliphatic heterocycles. The number of hydrogen-bond donors (Lipinski definition) is 1. The summed E-state index contributed by atoms with van der Waals surface area (Å²) < 4.78 is 2.10. The van der Waals surface area contributed by atoms with Crippen molar-refractivity contribution in [2.75, 3.05) is 0 Å². The van der Waals surface area contributed by atoms with Crippen LogP contribution in [0.1, 0.15) is 38.3 Å². The van der Waals surface area contributed by atoms with Gasteiger partial charge in [0, 0.05) is 18.8 Å². The van der Waals surface area contributed by atoms with E-state index in [0.29, 0.717) is 6.04 Å². The molecule has 1 unspecified atom stereocenters. The molecule has 1 atom stereocenters. The molecule has 0 radical (unpaired) electrons. The zero-order valence-corrected chi connectivity index (χ0v) is 9.32. The van der Waals surface area contributed by atoms with Gasteiger partial charge >= 0.3 is 0 Å². The van der Waals surface area contributed by atoms with E-state index in [1.807, 2.05) is 6.20 Å². The zero-order valence-electron chi connectivity index (χ0n) is 9.32. The quantitative estimate of drug-likeness (QED) is 0.822. The predicted molar refractivity (Wildman–Crippen MR) is 62.3 cm³/mol. The molecule has 0 saturated carbocycles.